The van der Waals surface area contributed by atoms with Gasteiger partial charge in [-0.05, 0) is 42.5 Å². The summed E-state index contributed by atoms with van der Waals surface area (Å²) in [5, 5.41) is 2.44. The molecule has 2 aromatic heterocycles. The van der Waals surface area contributed by atoms with Gasteiger partial charge in [0, 0.05) is 25.7 Å². The standard InChI is InChI=1S/C26H25N5O4/c1-3-11-31-24(34)26(23(33)28-25(31)35)14-18-21(27-20-15(2)7-6-12-30(20)22(18)32)29-13-10-16-8-4-5-9-17(16)19(26)29/h4-9,12,19H,3,10-11,13-14H2,1-2H3,(H,28,33,35). The fourth-order valence-corrected chi connectivity index (χ4v) is 5.95. The second-order valence-electron chi connectivity index (χ2n) is 9.51. The van der Waals surface area contributed by atoms with Gasteiger partial charge in [-0.15, -0.1) is 0 Å². The van der Waals surface area contributed by atoms with Crippen molar-refractivity contribution < 1.29 is 14.4 Å². The maximum absolute atomic E-state index is 14.1. The van der Waals surface area contributed by atoms with Gasteiger partial charge in [0.05, 0.1) is 11.6 Å². The molecule has 5 heterocycles. The van der Waals surface area contributed by atoms with Crippen molar-refractivity contribution in [2.24, 2.45) is 5.41 Å². The topological polar surface area (TPSA) is 104 Å². The summed E-state index contributed by atoms with van der Waals surface area (Å²) < 4.78 is 1.47. The quantitative estimate of drug-likeness (QED) is 0.575. The molecule has 1 N–H and O–H groups in total. The highest BCUT2D eigenvalue weighted by Gasteiger charge is 2.64. The fraction of sp³-hybridized carbons (Fsp3) is 0.346. The number of hydrogen-bond donors (Lipinski definition) is 1. The minimum atomic E-state index is -1.66. The Kier molecular flexibility index (Phi) is 4.61. The number of fused-ring (bicyclic) bond motifs is 7. The molecule has 4 amide bonds. The van der Waals surface area contributed by atoms with E-state index in [1.54, 1.807) is 12.3 Å². The number of nitrogens with one attached hydrogen (secondary N) is 1. The number of aromatic nitrogens is 2. The van der Waals surface area contributed by atoms with E-state index < -0.39 is 29.3 Å². The number of anilines is 1. The number of urea groups is 1. The smallest absolute Gasteiger partial charge is 0.330 e. The molecular weight excluding hydrogens is 446 g/mol. The third kappa shape index (κ3) is 2.78. The molecule has 3 aliphatic heterocycles. The maximum Gasteiger partial charge on any atom is 0.330 e. The van der Waals surface area contributed by atoms with E-state index in [4.69, 9.17) is 4.98 Å². The Morgan fingerprint density at radius 2 is 1.91 bits per heavy atom. The maximum atomic E-state index is 14.1. The van der Waals surface area contributed by atoms with Crippen LogP contribution in [0.1, 0.15) is 41.6 Å². The highest BCUT2D eigenvalue weighted by Crippen LogP contribution is 2.52. The van der Waals surface area contributed by atoms with E-state index >= 15 is 0 Å². The molecule has 0 saturated carbocycles. The number of imide groups is 2. The van der Waals surface area contributed by atoms with Gasteiger partial charge >= 0.3 is 6.03 Å². The van der Waals surface area contributed by atoms with Crippen molar-refractivity contribution >= 4 is 29.3 Å². The number of nitrogens with zero attached hydrogens (tertiary/aromatic N) is 4. The Bertz CT molecular complexity index is 1490. The van der Waals surface area contributed by atoms with E-state index in [2.05, 4.69) is 5.32 Å². The van der Waals surface area contributed by atoms with Crippen molar-refractivity contribution in [1.82, 2.24) is 19.6 Å². The minimum Gasteiger partial charge on any atom is -0.347 e. The molecule has 0 radical (unpaired) electrons. The second-order valence-corrected chi connectivity index (χ2v) is 9.51. The Morgan fingerprint density at radius 1 is 1.11 bits per heavy atom. The molecule has 35 heavy (non-hydrogen) atoms. The zero-order valence-corrected chi connectivity index (χ0v) is 19.6. The molecule has 0 aliphatic carbocycles. The summed E-state index contributed by atoms with van der Waals surface area (Å²) in [6, 6.07) is 10.0. The van der Waals surface area contributed by atoms with Crippen LogP contribution in [0.25, 0.3) is 5.65 Å². The van der Waals surface area contributed by atoms with Crippen LogP contribution in [0.5, 0.6) is 0 Å². The summed E-state index contributed by atoms with van der Waals surface area (Å²) in [7, 11) is 0. The van der Waals surface area contributed by atoms with Crippen LogP contribution in [0.3, 0.4) is 0 Å². The van der Waals surface area contributed by atoms with Crippen LogP contribution in [0, 0.1) is 12.3 Å². The number of carbonyl (C=O) groups is 3. The molecule has 3 aliphatic rings. The van der Waals surface area contributed by atoms with Gasteiger partial charge in [0.15, 0.2) is 5.41 Å². The van der Waals surface area contributed by atoms with Crippen LogP contribution >= 0.6 is 0 Å². The molecule has 1 fully saturated rings. The number of aryl methyl sites for hydroxylation is 1. The summed E-state index contributed by atoms with van der Waals surface area (Å²) >= 11 is 0. The fourth-order valence-electron chi connectivity index (χ4n) is 5.95. The Hall–Kier alpha value is -4.01. The average Bonchev–Trinajstić information content (AvgIpc) is 2.86. The first-order valence-electron chi connectivity index (χ1n) is 11.9. The lowest BCUT2D eigenvalue weighted by Crippen LogP contribution is -2.70. The monoisotopic (exact) mass is 471 g/mol. The summed E-state index contributed by atoms with van der Waals surface area (Å²) in [6.45, 7) is 4.45. The molecule has 3 aromatic rings. The number of hydrogen-bond acceptors (Lipinski definition) is 6. The SMILES string of the molecule is CCCN1C(=O)NC(=O)C2(Cc3c(nc4c(C)cccn4c3=O)N3CCc4ccccc4C32)C1=O. The van der Waals surface area contributed by atoms with Crippen molar-refractivity contribution in [2.45, 2.75) is 39.2 Å². The zero-order valence-electron chi connectivity index (χ0n) is 19.6. The number of carbonyl (C=O) groups excluding carboxylic acids is 3. The van der Waals surface area contributed by atoms with Crippen LogP contribution in [0.4, 0.5) is 10.6 Å². The van der Waals surface area contributed by atoms with Crippen molar-refractivity contribution in [3.63, 3.8) is 0 Å². The van der Waals surface area contributed by atoms with Crippen molar-refractivity contribution in [1.29, 1.82) is 0 Å². The van der Waals surface area contributed by atoms with Crippen LogP contribution < -0.4 is 15.8 Å². The highest BCUT2D eigenvalue weighted by atomic mass is 16.2. The molecule has 2 unspecified atom stereocenters. The Balaban J connectivity index is 1.67. The molecule has 9 heteroatoms. The van der Waals surface area contributed by atoms with E-state index in [0.717, 1.165) is 21.6 Å². The second kappa shape index (κ2) is 7.49. The third-order valence-electron chi connectivity index (χ3n) is 7.54. The van der Waals surface area contributed by atoms with E-state index in [9.17, 15) is 19.2 Å². The largest absolute Gasteiger partial charge is 0.347 e. The minimum absolute atomic E-state index is 0.126. The molecule has 178 valence electrons. The van der Waals surface area contributed by atoms with Crippen LogP contribution in [-0.4, -0.2) is 45.2 Å². The predicted molar refractivity (Wildman–Crippen MR) is 128 cm³/mol. The molecule has 9 nitrogen and oxygen atoms in total. The van der Waals surface area contributed by atoms with E-state index in [0.29, 0.717) is 36.4 Å². The first-order valence-corrected chi connectivity index (χ1v) is 11.9. The summed E-state index contributed by atoms with van der Waals surface area (Å²) in [5.74, 6) is -0.709. The Morgan fingerprint density at radius 3 is 2.71 bits per heavy atom. The van der Waals surface area contributed by atoms with Gasteiger partial charge < -0.3 is 4.90 Å². The first-order chi connectivity index (χ1) is 16.9. The van der Waals surface area contributed by atoms with Gasteiger partial charge in [-0.1, -0.05) is 37.3 Å². The molecule has 0 bridgehead atoms. The van der Waals surface area contributed by atoms with E-state index in [-0.39, 0.29) is 18.5 Å². The molecule has 6 rings (SSSR count). The normalized spacial score (nSPS) is 23.3. The molecule has 2 atom stereocenters. The van der Waals surface area contributed by atoms with Crippen LogP contribution in [0.15, 0.2) is 47.4 Å². The molecule has 1 saturated heterocycles. The lowest BCUT2D eigenvalue weighted by molar-refractivity contribution is -0.154. The number of pyridine rings is 1. The summed E-state index contributed by atoms with van der Waals surface area (Å²) in [5.41, 5.74) is 1.66. The number of benzene rings is 1. The average molecular weight is 472 g/mol. The lowest BCUT2D eigenvalue weighted by atomic mass is 9.65. The van der Waals surface area contributed by atoms with Gasteiger partial charge in [-0.25, -0.2) is 9.78 Å². The number of amides is 4. The third-order valence-corrected chi connectivity index (χ3v) is 7.54. The van der Waals surface area contributed by atoms with Crippen molar-refractivity contribution in [3.05, 3.63) is 75.2 Å². The zero-order chi connectivity index (χ0) is 24.5. The van der Waals surface area contributed by atoms with Gasteiger partial charge in [0.2, 0.25) is 11.8 Å². The van der Waals surface area contributed by atoms with Gasteiger partial charge in [0.25, 0.3) is 5.56 Å². The van der Waals surface area contributed by atoms with Crippen molar-refractivity contribution in [3.8, 4) is 0 Å². The van der Waals surface area contributed by atoms with Crippen molar-refractivity contribution in [2.75, 3.05) is 18.0 Å². The number of barbiturate groups is 1. The van der Waals surface area contributed by atoms with Crippen LogP contribution in [0.2, 0.25) is 0 Å². The predicted octanol–water partition coefficient (Wildman–Crippen LogP) is 2.14. The van der Waals surface area contributed by atoms with Gasteiger partial charge in [-0.2, -0.15) is 0 Å². The molecular formula is C26H25N5O4. The van der Waals surface area contributed by atoms with Gasteiger partial charge in [-0.3, -0.25) is 29.0 Å². The van der Waals surface area contributed by atoms with Gasteiger partial charge in [0.1, 0.15) is 11.5 Å². The summed E-state index contributed by atoms with van der Waals surface area (Å²) in [4.78, 5) is 62.1. The van der Waals surface area contributed by atoms with E-state index in [1.165, 1.54) is 4.40 Å². The number of rotatable bonds is 2. The van der Waals surface area contributed by atoms with E-state index in [1.807, 2.05) is 49.1 Å². The first kappa shape index (κ1) is 21.5. The lowest BCUT2D eigenvalue weighted by Gasteiger charge is -2.53. The molecule has 1 spiro atoms. The van der Waals surface area contributed by atoms with Crippen LogP contribution in [-0.2, 0) is 22.4 Å². The highest BCUT2D eigenvalue weighted by molar-refractivity contribution is 6.20. The summed E-state index contributed by atoms with van der Waals surface area (Å²) in [6.07, 6.45) is 2.76. The molecule has 1 aromatic carbocycles. The Labute approximate surface area is 201 Å².